The lowest BCUT2D eigenvalue weighted by Crippen LogP contribution is -2.51. The third kappa shape index (κ3) is 4.89. The van der Waals surface area contributed by atoms with Gasteiger partial charge in [0.05, 0.1) is 11.6 Å². The van der Waals surface area contributed by atoms with E-state index >= 15 is 0 Å². The Morgan fingerprint density at radius 1 is 1.17 bits per heavy atom. The fourth-order valence-corrected chi connectivity index (χ4v) is 4.08. The standard InChI is InChI=1S/C23H32N4O3/c1-4-5-13-24-22(29)18-12-11-16(2)26(15-18)23(30)20-14-21(17(3)28)27(25-20)19-9-7-6-8-10-19/h6-10,16,18,21H,4-5,11-15H2,1-3H3,(H,24,29). The summed E-state index contributed by atoms with van der Waals surface area (Å²) in [6.07, 6.45) is 3.84. The van der Waals surface area contributed by atoms with Gasteiger partial charge in [0.25, 0.3) is 5.91 Å². The summed E-state index contributed by atoms with van der Waals surface area (Å²) in [5, 5.41) is 9.18. The summed E-state index contributed by atoms with van der Waals surface area (Å²) in [5.41, 5.74) is 1.18. The molecule has 3 atom stereocenters. The summed E-state index contributed by atoms with van der Waals surface area (Å²) in [6.45, 7) is 6.70. The zero-order valence-electron chi connectivity index (χ0n) is 18.1. The molecule has 162 valence electrons. The maximum absolute atomic E-state index is 13.3. The van der Waals surface area contributed by atoms with Crippen LogP contribution < -0.4 is 10.3 Å². The van der Waals surface area contributed by atoms with Crippen molar-refractivity contribution >= 4 is 29.0 Å². The number of likely N-dealkylation sites (tertiary alicyclic amines) is 1. The van der Waals surface area contributed by atoms with E-state index in [0.717, 1.165) is 31.4 Å². The van der Waals surface area contributed by atoms with E-state index in [1.807, 2.05) is 37.3 Å². The number of nitrogens with one attached hydrogen (secondary N) is 1. The Morgan fingerprint density at radius 3 is 2.57 bits per heavy atom. The van der Waals surface area contributed by atoms with E-state index in [2.05, 4.69) is 17.3 Å². The van der Waals surface area contributed by atoms with Crippen molar-refractivity contribution in [3.63, 3.8) is 0 Å². The van der Waals surface area contributed by atoms with Crippen molar-refractivity contribution in [2.24, 2.45) is 11.0 Å². The van der Waals surface area contributed by atoms with Crippen LogP contribution in [-0.2, 0) is 14.4 Å². The second-order valence-electron chi connectivity index (χ2n) is 8.28. The fourth-order valence-electron chi connectivity index (χ4n) is 4.08. The van der Waals surface area contributed by atoms with Crippen molar-refractivity contribution in [2.45, 2.75) is 65.0 Å². The molecule has 1 saturated heterocycles. The number of carbonyl (C=O) groups excluding carboxylic acids is 3. The number of carbonyl (C=O) groups is 3. The van der Waals surface area contributed by atoms with Gasteiger partial charge in [0.1, 0.15) is 11.8 Å². The van der Waals surface area contributed by atoms with E-state index in [9.17, 15) is 14.4 Å². The number of hydrogen-bond donors (Lipinski definition) is 1. The van der Waals surface area contributed by atoms with E-state index in [1.165, 1.54) is 6.92 Å². The van der Waals surface area contributed by atoms with Gasteiger partial charge in [-0.3, -0.25) is 19.4 Å². The third-order valence-electron chi connectivity index (χ3n) is 5.99. The highest BCUT2D eigenvalue weighted by Crippen LogP contribution is 2.28. The highest BCUT2D eigenvalue weighted by atomic mass is 16.2. The highest BCUT2D eigenvalue weighted by Gasteiger charge is 2.39. The number of ketones is 1. The van der Waals surface area contributed by atoms with Crippen molar-refractivity contribution in [3.8, 4) is 0 Å². The van der Waals surface area contributed by atoms with E-state index in [-0.39, 0.29) is 29.6 Å². The van der Waals surface area contributed by atoms with E-state index in [4.69, 9.17) is 0 Å². The van der Waals surface area contributed by atoms with E-state index in [0.29, 0.717) is 25.2 Å². The van der Waals surface area contributed by atoms with Crippen LogP contribution in [0.1, 0.15) is 52.9 Å². The van der Waals surface area contributed by atoms with Crippen molar-refractivity contribution in [1.82, 2.24) is 10.2 Å². The summed E-state index contributed by atoms with van der Waals surface area (Å²) in [7, 11) is 0. The van der Waals surface area contributed by atoms with E-state index in [1.54, 1.807) is 9.91 Å². The number of piperidine rings is 1. The van der Waals surface area contributed by atoms with Crippen LogP contribution >= 0.6 is 0 Å². The van der Waals surface area contributed by atoms with Gasteiger partial charge in [-0.05, 0) is 45.2 Å². The van der Waals surface area contributed by atoms with Gasteiger partial charge >= 0.3 is 0 Å². The molecule has 0 aliphatic carbocycles. The van der Waals surface area contributed by atoms with Gasteiger partial charge in [0.15, 0.2) is 5.78 Å². The first-order valence-corrected chi connectivity index (χ1v) is 10.9. The zero-order valence-corrected chi connectivity index (χ0v) is 18.1. The number of para-hydroxylation sites is 1. The molecule has 3 unspecified atom stereocenters. The topological polar surface area (TPSA) is 82.1 Å². The normalized spacial score (nSPS) is 23.8. The predicted molar refractivity (Wildman–Crippen MR) is 117 cm³/mol. The zero-order chi connectivity index (χ0) is 21.7. The number of amides is 2. The molecule has 0 spiro atoms. The summed E-state index contributed by atoms with van der Waals surface area (Å²) < 4.78 is 0. The Bertz CT molecular complexity index is 808. The van der Waals surface area contributed by atoms with Crippen LogP contribution in [0.5, 0.6) is 0 Å². The lowest BCUT2D eigenvalue weighted by atomic mass is 9.92. The molecule has 7 nitrogen and oxygen atoms in total. The molecule has 0 aromatic heterocycles. The average Bonchev–Trinajstić information content (AvgIpc) is 3.20. The highest BCUT2D eigenvalue weighted by molar-refractivity contribution is 6.40. The van der Waals surface area contributed by atoms with Gasteiger partial charge in [0.2, 0.25) is 5.91 Å². The van der Waals surface area contributed by atoms with Gasteiger partial charge in [-0.15, -0.1) is 0 Å². The molecule has 2 amide bonds. The smallest absolute Gasteiger partial charge is 0.270 e. The number of benzene rings is 1. The SMILES string of the molecule is CCCCNC(=O)C1CCC(C)N(C(=O)C2=NN(c3ccccc3)C(C(C)=O)C2)C1. The fraction of sp³-hybridized carbons (Fsp3) is 0.565. The average molecular weight is 413 g/mol. The van der Waals surface area contributed by atoms with Crippen LogP contribution in [0.2, 0.25) is 0 Å². The summed E-state index contributed by atoms with van der Waals surface area (Å²) >= 11 is 0. The molecule has 0 radical (unpaired) electrons. The number of unbranched alkanes of at least 4 members (excludes halogenated alkanes) is 1. The molecule has 30 heavy (non-hydrogen) atoms. The number of anilines is 1. The molecule has 2 heterocycles. The Morgan fingerprint density at radius 2 is 1.90 bits per heavy atom. The van der Waals surface area contributed by atoms with Crippen molar-refractivity contribution in [3.05, 3.63) is 30.3 Å². The van der Waals surface area contributed by atoms with Crippen LogP contribution in [0.3, 0.4) is 0 Å². The number of Topliss-reactive ketones (excluding diaryl/α,β-unsaturated/α-hetero) is 1. The minimum Gasteiger partial charge on any atom is -0.356 e. The van der Waals surface area contributed by atoms with Gasteiger partial charge in [0, 0.05) is 25.6 Å². The summed E-state index contributed by atoms with van der Waals surface area (Å²) in [5.74, 6) is -0.365. The van der Waals surface area contributed by atoms with E-state index < -0.39 is 6.04 Å². The van der Waals surface area contributed by atoms with Gasteiger partial charge < -0.3 is 10.2 Å². The number of hydrazone groups is 1. The van der Waals surface area contributed by atoms with Crippen LogP contribution in [0, 0.1) is 5.92 Å². The molecule has 1 aromatic carbocycles. The Kier molecular flexibility index (Phi) is 7.24. The Balaban J connectivity index is 1.73. The minimum absolute atomic E-state index is 0.0223. The largest absolute Gasteiger partial charge is 0.356 e. The lowest BCUT2D eigenvalue weighted by Gasteiger charge is -2.37. The molecule has 0 bridgehead atoms. The maximum Gasteiger partial charge on any atom is 0.270 e. The first-order valence-electron chi connectivity index (χ1n) is 10.9. The first-order chi connectivity index (χ1) is 14.4. The minimum atomic E-state index is -0.473. The van der Waals surface area contributed by atoms with Crippen molar-refractivity contribution in [1.29, 1.82) is 0 Å². The number of hydrogen-bond acceptors (Lipinski definition) is 5. The molecule has 1 N–H and O–H groups in total. The second kappa shape index (κ2) is 9.87. The van der Waals surface area contributed by atoms with Gasteiger partial charge in [-0.1, -0.05) is 31.5 Å². The number of rotatable bonds is 7. The van der Waals surface area contributed by atoms with Gasteiger partial charge in [-0.25, -0.2) is 0 Å². The predicted octanol–water partition coefficient (Wildman–Crippen LogP) is 2.75. The molecular weight excluding hydrogens is 380 g/mol. The number of nitrogens with zero attached hydrogens (tertiary/aromatic N) is 3. The van der Waals surface area contributed by atoms with Gasteiger partial charge in [-0.2, -0.15) is 5.10 Å². The molecule has 1 aromatic rings. The quantitative estimate of drug-likeness (QED) is 0.698. The molecule has 2 aliphatic heterocycles. The molecule has 7 heteroatoms. The second-order valence-corrected chi connectivity index (χ2v) is 8.28. The first kappa shape index (κ1) is 22.0. The Labute approximate surface area is 178 Å². The third-order valence-corrected chi connectivity index (χ3v) is 5.99. The lowest BCUT2D eigenvalue weighted by molar-refractivity contribution is -0.133. The summed E-state index contributed by atoms with van der Waals surface area (Å²) in [4.78, 5) is 39.8. The molecule has 0 saturated carbocycles. The van der Waals surface area contributed by atoms with Crippen LogP contribution in [-0.4, -0.2) is 53.4 Å². The maximum atomic E-state index is 13.3. The van der Waals surface area contributed by atoms with Crippen LogP contribution in [0.4, 0.5) is 5.69 Å². The van der Waals surface area contributed by atoms with Crippen molar-refractivity contribution in [2.75, 3.05) is 18.1 Å². The molecule has 1 fully saturated rings. The monoisotopic (exact) mass is 412 g/mol. The van der Waals surface area contributed by atoms with Crippen molar-refractivity contribution < 1.29 is 14.4 Å². The summed E-state index contributed by atoms with van der Waals surface area (Å²) in [6, 6.07) is 9.01. The molecule has 3 rings (SSSR count). The molecular formula is C23H32N4O3. The Hall–Kier alpha value is -2.70. The van der Waals surface area contributed by atoms with Crippen LogP contribution in [0.15, 0.2) is 35.4 Å². The van der Waals surface area contributed by atoms with Crippen LogP contribution in [0.25, 0.3) is 0 Å². The molecule has 2 aliphatic rings.